The summed E-state index contributed by atoms with van der Waals surface area (Å²) in [4.78, 5) is 3.38. The Kier molecular flexibility index (Phi) is 2.30. The fourth-order valence-electron chi connectivity index (χ4n) is 0.636. The van der Waals surface area contributed by atoms with E-state index < -0.39 is 5.95 Å². The number of hydrogen-bond donors (Lipinski definition) is 2. The molecule has 0 aromatic carbocycles. The van der Waals surface area contributed by atoms with Gasteiger partial charge in [0.15, 0.2) is 0 Å². The van der Waals surface area contributed by atoms with Crippen molar-refractivity contribution in [3.8, 4) is 0 Å². The molecule has 0 saturated heterocycles. The van der Waals surface area contributed by atoms with Gasteiger partial charge in [-0.3, -0.25) is 0 Å². The standard InChI is InChI=1S/C6H7FN2O/c7-6-5(4-9-10)2-1-3-8-6/h1-3,9-10H,4H2. The lowest BCUT2D eigenvalue weighted by molar-refractivity contribution is 0.159. The Bertz CT molecular complexity index is 217. The summed E-state index contributed by atoms with van der Waals surface area (Å²) < 4.78 is 12.5. The lowest BCUT2D eigenvalue weighted by Gasteiger charge is -1.97. The minimum absolute atomic E-state index is 0.0830. The van der Waals surface area contributed by atoms with Crippen LogP contribution in [0.1, 0.15) is 5.56 Å². The van der Waals surface area contributed by atoms with Crippen molar-refractivity contribution in [3.63, 3.8) is 0 Å². The summed E-state index contributed by atoms with van der Waals surface area (Å²) in [6.07, 6.45) is 1.36. The Morgan fingerprint density at radius 2 is 2.50 bits per heavy atom. The summed E-state index contributed by atoms with van der Waals surface area (Å²) in [5.74, 6) is -0.552. The van der Waals surface area contributed by atoms with Gasteiger partial charge in [-0.15, -0.1) is 0 Å². The zero-order valence-electron chi connectivity index (χ0n) is 5.21. The molecule has 54 valence electrons. The highest BCUT2D eigenvalue weighted by atomic mass is 19.1. The largest absolute Gasteiger partial charge is 0.316 e. The van der Waals surface area contributed by atoms with Gasteiger partial charge in [-0.05, 0) is 6.07 Å². The van der Waals surface area contributed by atoms with Crippen LogP contribution in [0, 0.1) is 5.95 Å². The molecule has 3 nitrogen and oxygen atoms in total. The van der Waals surface area contributed by atoms with Gasteiger partial charge in [-0.2, -0.15) is 4.39 Å². The second-order valence-electron chi connectivity index (χ2n) is 1.79. The van der Waals surface area contributed by atoms with Crippen molar-refractivity contribution < 1.29 is 9.60 Å². The lowest BCUT2D eigenvalue weighted by Crippen LogP contribution is -2.08. The van der Waals surface area contributed by atoms with E-state index >= 15 is 0 Å². The number of aromatic nitrogens is 1. The maximum absolute atomic E-state index is 12.5. The quantitative estimate of drug-likeness (QED) is 0.472. The van der Waals surface area contributed by atoms with Crippen molar-refractivity contribution in [1.29, 1.82) is 0 Å². The van der Waals surface area contributed by atoms with Crippen LogP contribution in [-0.2, 0) is 6.54 Å². The van der Waals surface area contributed by atoms with Crippen LogP contribution in [0.4, 0.5) is 4.39 Å². The highest BCUT2D eigenvalue weighted by Gasteiger charge is 1.98. The Hall–Kier alpha value is -1.00. The molecule has 2 N–H and O–H groups in total. The minimum atomic E-state index is -0.552. The number of halogens is 1. The molecule has 0 aliphatic heterocycles. The van der Waals surface area contributed by atoms with Crippen LogP contribution < -0.4 is 5.48 Å². The van der Waals surface area contributed by atoms with Gasteiger partial charge >= 0.3 is 0 Å². The smallest absolute Gasteiger partial charge is 0.217 e. The third kappa shape index (κ3) is 1.49. The van der Waals surface area contributed by atoms with Gasteiger partial charge in [0.2, 0.25) is 5.95 Å². The van der Waals surface area contributed by atoms with E-state index in [4.69, 9.17) is 5.21 Å². The van der Waals surface area contributed by atoms with Crippen molar-refractivity contribution >= 4 is 0 Å². The Labute approximate surface area is 57.5 Å². The predicted molar refractivity (Wildman–Crippen MR) is 32.8 cm³/mol. The summed E-state index contributed by atoms with van der Waals surface area (Å²) >= 11 is 0. The average Bonchev–Trinajstić information content (AvgIpc) is 1.94. The van der Waals surface area contributed by atoms with Gasteiger partial charge in [0.05, 0.1) is 6.54 Å². The third-order valence-electron chi connectivity index (χ3n) is 1.11. The Morgan fingerprint density at radius 3 is 3.10 bits per heavy atom. The number of nitrogens with zero attached hydrogens (tertiary/aromatic N) is 1. The first-order valence-corrected chi connectivity index (χ1v) is 2.81. The fraction of sp³-hybridized carbons (Fsp3) is 0.167. The molecule has 0 unspecified atom stereocenters. The number of rotatable bonds is 2. The summed E-state index contributed by atoms with van der Waals surface area (Å²) in [6, 6.07) is 3.15. The zero-order chi connectivity index (χ0) is 7.40. The highest BCUT2D eigenvalue weighted by molar-refractivity contribution is 5.09. The van der Waals surface area contributed by atoms with Crippen LogP contribution in [-0.4, -0.2) is 10.2 Å². The maximum Gasteiger partial charge on any atom is 0.217 e. The van der Waals surface area contributed by atoms with Crippen molar-refractivity contribution in [2.75, 3.05) is 0 Å². The van der Waals surface area contributed by atoms with E-state index in [0.717, 1.165) is 0 Å². The van der Waals surface area contributed by atoms with E-state index in [9.17, 15) is 4.39 Å². The van der Waals surface area contributed by atoms with Gasteiger partial charge in [0.25, 0.3) is 0 Å². The molecule has 1 aromatic rings. The van der Waals surface area contributed by atoms with Crippen molar-refractivity contribution in [2.45, 2.75) is 6.54 Å². The van der Waals surface area contributed by atoms with E-state index in [1.807, 2.05) is 5.48 Å². The number of pyridine rings is 1. The molecule has 0 amide bonds. The minimum Gasteiger partial charge on any atom is -0.316 e. The SMILES string of the molecule is ONCc1cccnc1F. The first-order chi connectivity index (χ1) is 4.84. The van der Waals surface area contributed by atoms with Crippen LogP contribution in [0.3, 0.4) is 0 Å². The molecule has 1 aromatic heterocycles. The van der Waals surface area contributed by atoms with Crippen LogP contribution in [0.5, 0.6) is 0 Å². The Morgan fingerprint density at radius 1 is 1.70 bits per heavy atom. The first-order valence-electron chi connectivity index (χ1n) is 2.81. The molecule has 10 heavy (non-hydrogen) atoms. The molecule has 1 heterocycles. The summed E-state index contributed by atoms with van der Waals surface area (Å²) in [7, 11) is 0. The molecule has 1 rings (SSSR count). The van der Waals surface area contributed by atoms with Crippen molar-refractivity contribution in [1.82, 2.24) is 10.5 Å². The molecule has 4 heteroatoms. The van der Waals surface area contributed by atoms with Gasteiger partial charge in [-0.1, -0.05) is 6.07 Å². The normalized spacial score (nSPS) is 9.80. The predicted octanol–water partition coefficient (Wildman–Crippen LogP) is 0.700. The molecule has 0 saturated carbocycles. The summed E-state index contributed by atoms with van der Waals surface area (Å²) in [6.45, 7) is 0.0830. The summed E-state index contributed by atoms with van der Waals surface area (Å²) in [5, 5.41) is 8.20. The van der Waals surface area contributed by atoms with Crippen LogP contribution >= 0.6 is 0 Å². The second kappa shape index (κ2) is 3.24. The lowest BCUT2D eigenvalue weighted by atomic mass is 10.3. The monoisotopic (exact) mass is 142 g/mol. The zero-order valence-corrected chi connectivity index (χ0v) is 5.21. The molecule has 0 aliphatic carbocycles. The molecule has 0 atom stereocenters. The van der Waals surface area contributed by atoms with Crippen LogP contribution in [0.2, 0.25) is 0 Å². The molecule has 0 aliphatic rings. The van der Waals surface area contributed by atoms with E-state index in [0.29, 0.717) is 5.56 Å². The number of hydrogen-bond acceptors (Lipinski definition) is 3. The second-order valence-corrected chi connectivity index (χ2v) is 1.79. The average molecular weight is 142 g/mol. The van der Waals surface area contributed by atoms with E-state index in [1.54, 1.807) is 12.1 Å². The van der Waals surface area contributed by atoms with Gasteiger partial charge in [0.1, 0.15) is 0 Å². The maximum atomic E-state index is 12.5. The number of hydroxylamine groups is 1. The topological polar surface area (TPSA) is 45.1 Å². The van der Waals surface area contributed by atoms with Gasteiger partial charge in [-0.25, -0.2) is 10.5 Å². The van der Waals surface area contributed by atoms with Crippen LogP contribution in [0.25, 0.3) is 0 Å². The Balaban J connectivity index is 2.81. The van der Waals surface area contributed by atoms with E-state index in [1.165, 1.54) is 6.20 Å². The third-order valence-corrected chi connectivity index (χ3v) is 1.11. The van der Waals surface area contributed by atoms with Crippen molar-refractivity contribution in [2.24, 2.45) is 0 Å². The molecule has 0 fully saturated rings. The molecule has 0 bridgehead atoms. The summed E-state index contributed by atoms with van der Waals surface area (Å²) in [5.41, 5.74) is 2.20. The van der Waals surface area contributed by atoms with E-state index in [2.05, 4.69) is 4.98 Å². The highest BCUT2D eigenvalue weighted by Crippen LogP contribution is 2.00. The molecular weight excluding hydrogens is 135 g/mol. The van der Waals surface area contributed by atoms with Crippen LogP contribution in [0.15, 0.2) is 18.3 Å². The molecular formula is C6H7FN2O. The van der Waals surface area contributed by atoms with Gasteiger partial charge in [0, 0.05) is 11.8 Å². The first kappa shape index (κ1) is 7.11. The number of nitrogens with one attached hydrogen (secondary N) is 1. The van der Waals surface area contributed by atoms with Gasteiger partial charge < -0.3 is 5.21 Å². The fourth-order valence-corrected chi connectivity index (χ4v) is 0.636. The molecule has 0 spiro atoms. The van der Waals surface area contributed by atoms with Crippen molar-refractivity contribution in [3.05, 3.63) is 29.8 Å². The molecule has 0 radical (unpaired) electrons. The van der Waals surface area contributed by atoms with E-state index in [-0.39, 0.29) is 6.54 Å².